The van der Waals surface area contributed by atoms with Crippen LogP contribution >= 0.6 is 11.6 Å². The number of carbonyl (C=O) groups excluding carboxylic acids is 1. The molecule has 0 radical (unpaired) electrons. The van der Waals surface area contributed by atoms with E-state index < -0.39 is 0 Å². The van der Waals surface area contributed by atoms with Crippen LogP contribution in [0.3, 0.4) is 0 Å². The number of nitrogens with zero attached hydrogens (tertiary/aromatic N) is 1. The summed E-state index contributed by atoms with van der Waals surface area (Å²) in [5.74, 6) is 0.492. The van der Waals surface area contributed by atoms with Crippen molar-refractivity contribution in [2.45, 2.75) is 20.4 Å². The Bertz CT molecular complexity index is 560. The predicted octanol–water partition coefficient (Wildman–Crippen LogP) is 3.07. The van der Waals surface area contributed by atoms with Gasteiger partial charge in [0.2, 0.25) is 5.91 Å². The van der Waals surface area contributed by atoms with Crippen LogP contribution in [-0.2, 0) is 11.3 Å². The van der Waals surface area contributed by atoms with Crippen LogP contribution in [0.4, 0.5) is 0 Å². The summed E-state index contributed by atoms with van der Waals surface area (Å²) < 4.78 is 1.91. The van der Waals surface area contributed by atoms with Gasteiger partial charge in [0.15, 0.2) is 0 Å². The molecule has 4 heteroatoms. The highest BCUT2D eigenvalue weighted by Gasteiger charge is 2.07. The molecule has 0 saturated heterocycles. The summed E-state index contributed by atoms with van der Waals surface area (Å²) in [4.78, 5) is 11.8. The Balaban J connectivity index is 2.12. The minimum Gasteiger partial charge on any atom is -0.354 e. The van der Waals surface area contributed by atoms with Gasteiger partial charge < -0.3 is 9.88 Å². The number of hydrogen-bond donors (Lipinski definition) is 1. The number of benzene rings is 1. The van der Waals surface area contributed by atoms with Gasteiger partial charge in [-0.05, 0) is 29.5 Å². The zero-order valence-corrected chi connectivity index (χ0v) is 11.4. The average molecular weight is 265 g/mol. The molecule has 96 valence electrons. The summed E-state index contributed by atoms with van der Waals surface area (Å²) >= 11 is 5.97. The monoisotopic (exact) mass is 264 g/mol. The summed E-state index contributed by atoms with van der Waals surface area (Å²) in [6.07, 6.45) is 1.91. The van der Waals surface area contributed by atoms with Gasteiger partial charge in [0.1, 0.15) is 6.54 Å². The van der Waals surface area contributed by atoms with E-state index in [-0.39, 0.29) is 5.91 Å². The molecular formula is C14H17ClN2O. The van der Waals surface area contributed by atoms with Crippen molar-refractivity contribution in [1.82, 2.24) is 9.88 Å². The van der Waals surface area contributed by atoms with Crippen LogP contribution in [0.5, 0.6) is 0 Å². The van der Waals surface area contributed by atoms with Crippen LogP contribution in [-0.4, -0.2) is 17.0 Å². The van der Waals surface area contributed by atoms with Gasteiger partial charge in [-0.15, -0.1) is 0 Å². The van der Waals surface area contributed by atoms with Crippen LogP contribution in [0.2, 0.25) is 5.02 Å². The Kier molecular flexibility index (Phi) is 3.92. The van der Waals surface area contributed by atoms with Gasteiger partial charge in [0.25, 0.3) is 0 Å². The van der Waals surface area contributed by atoms with Crippen molar-refractivity contribution in [1.29, 1.82) is 0 Å². The molecule has 0 atom stereocenters. The highest BCUT2D eigenvalue weighted by Crippen LogP contribution is 2.20. The molecule has 0 fully saturated rings. The van der Waals surface area contributed by atoms with E-state index in [9.17, 15) is 4.79 Å². The fourth-order valence-corrected chi connectivity index (χ4v) is 1.99. The Morgan fingerprint density at radius 3 is 2.89 bits per heavy atom. The second kappa shape index (κ2) is 5.44. The third-order valence-corrected chi connectivity index (χ3v) is 2.99. The molecule has 2 rings (SSSR count). The fraction of sp³-hybridized carbons (Fsp3) is 0.357. The van der Waals surface area contributed by atoms with Crippen molar-refractivity contribution >= 4 is 28.4 Å². The maximum atomic E-state index is 11.8. The van der Waals surface area contributed by atoms with Gasteiger partial charge in [-0.1, -0.05) is 31.5 Å². The van der Waals surface area contributed by atoms with Crippen molar-refractivity contribution < 1.29 is 4.79 Å². The lowest BCUT2D eigenvalue weighted by molar-refractivity contribution is -0.121. The molecule has 18 heavy (non-hydrogen) atoms. The third-order valence-electron chi connectivity index (χ3n) is 2.76. The van der Waals surface area contributed by atoms with E-state index in [1.807, 2.05) is 35.0 Å². The fourth-order valence-electron chi connectivity index (χ4n) is 1.82. The zero-order valence-electron chi connectivity index (χ0n) is 10.6. The molecule has 1 N–H and O–H groups in total. The van der Waals surface area contributed by atoms with E-state index in [0.29, 0.717) is 24.0 Å². The van der Waals surface area contributed by atoms with Crippen LogP contribution in [0, 0.1) is 5.92 Å². The lowest BCUT2D eigenvalue weighted by Gasteiger charge is -2.09. The SMILES string of the molecule is CC(C)CNC(=O)Cn1ccc2ccc(Cl)cc21. The van der Waals surface area contributed by atoms with Gasteiger partial charge in [0.05, 0.1) is 0 Å². The summed E-state index contributed by atoms with van der Waals surface area (Å²) in [6, 6.07) is 7.68. The molecule has 0 aliphatic rings. The van der Waals surface area contributed by atoms with E-state index >= 15 is 0 Å². The number of nitrogens with one attached hydrogen (secondary N) is 1. The quantitative estimate of drug-likeness (QED) is 0.905. The standard InChI is InChI=1S/C14H17ClN2O/c1-10(2)8-16-14(18)9-17-6-5-11-3-4-12(15)7-13(11)17/h3-7,10H,8-9H2,1-2H3,(H,16,18). The number of fused-ring (bicyclic) bond motifs is 1. The average Bonchev–Trinajstić information content (AvgIpc) is 2.69. The Morgan fingerprint density at radius 1 is 1.39 bits per heavy atom. The van der Waals surface area contributed by atoms with Crippen molar-refractivity contribution in [3.05, 3.63) is 35.5 Å². The number of carbonyl (C=O) groups is 1. The lowest BCUT2D eigenvalue weighted by Crippen LogP contribution is -2.30. The highest BCUT2D eigenvalue weighted by molar-refractivity contribution is 6.31. The summed E-state index contributed by atoms with van der Waals surface area (Å²) in [5, 5.41) is 4.69. The summed E-state index contributed by atoms with van der Waals surface area (Å²) in [7, 11) is 0. The first-order valence-corrected chi connectivity index (χ1v) is 6.45. The minimum absolute atomic E-state index is 0.0289. The van der Waals surface area contributed by atoms with Crippen LogP contribution < -0.4 is 5.32 Å². The maximum absolute atomic E-state index is 11.8. The number of halogens is 1. The minimum atomic E-state index is 0.0289. The second-order valence-electron chi connectivity index (χ2n) is 4.84. The van der Waals surface area contributed by atoms with E-state index in [1.165, 1.54) is 0 Å². The predicted molar refractivity (Wildman–Crippen MR) is 74.8 cm³/mol. The zero-order chi connectivity index (χ0) is 13.1. The molecule has 1 aromatic carbocycles. The molecule has 0 aliphatic carbocycles. The molecule has 0 saturated carbocycles. The maximum Gasteiger partial charge on any atom is 0.239 e. The molecule has 1 aromatic heterocycles. The Hall–Kier alpha value is -1.48. The number of hydrogen-bond acceptors (Lipinski definition) is 1. The normalized spacial score (nSPS) is 11.1. The molecule has 1 amide bonds. The summed E-state index contributed by atoms with van der Waals surface area (Å²) in [5.41, 5.74) is 0.988. The van der Waals surface area contributed by atoms with Crippen LogP contribution in [0.25, 0.3) is 10.9 Å². The van der Waals surface area contributed by atoms with Crippen molar-refractivity contribution in [3.8, 4) is 0 Å². The molecule has 0 bridgehead atoms. The first-order valence-electron chi connectivity index (χ1n) is 6.07. The largest absolute Gasteiger partial charge is 0.354 e. The van der Waals surface area contributed by atoms with Gasteiger partial charge in [-0.25, -0.2) is 0 Å². The molecule has 3 nitrogen and oxygen atoms in total. The first-order chi connectivity index (χ1) is 8.56. The lowest BCUT2D eigenvalue weighted by atomic mass is 10.2. The number of rotatable bonds is 4. The Labute approximate surface area is 112 Å². The van der Waals surface area contributed by atoms with Gasteiger partial charge in [0, 0.05) is 23.3 Å². The molecule has 2 aromatic rings. The van der Waals surface area contributed by atoms with E-state index in [4.69, 9.17) is 11.6 Å². The van der Waals surface area contributed by atoms with Crippen LogP contribution in [0.1, 0.15) is 13.8 Å². The second-order valence-corrected chi connectivity index (χ2v) is 5.28. The summed E-state index contributed by atoms with van der Waals surface area (Å²) in [6.45, 7) is 5.19. The van der Waals surface area contributed by atoms with Gasteiger partial charge >= 0.3 is 0 Å². The van der Waals surface area contributed by atoms with Crippen molar-refractivity contribution in [3.63, 3.8) is 0 Å². The first kappa shape index (κ1) is 13.0. The number of aromatic nitrogens is 1. The molecule has 0 aliphatic heterocycles. The van der Waals surface area contributed by atoms with Crippen LogP contribution in [0.15, 0.2) is 30.5 Å². The molecular weight excluding hydrogens is 248 g/mol. The third kappa shape index (κ3) is 3.05. The molecule has 0 spiro atoms. The van der Waals surface area contributed by atoms with E-state index in [0.717, 1.165) is 10.9 Å². The Morgan fingerprint density at radius 2 is 2.17 bits per heavy atom. The van der Waals surface area contributed by atoms with Crippen molar-refractivity contribution in [2.24, 2.45) is 5.92 Å². The number of amides is 1. The molecule has 1 heterocycles. The van der Waals surface area contributed by atoms with Gasteiger partial charge in [-0.3, -0.25) is 4.79 Å². The smallest absolute Gasteiger partial charge is 0.239 e. The molecule has 0 unspecified atom stereocenters. The highest BCUT2D eigenvalue weighted by atomic mass is 35.5. The topological polar surface area (TPSA) is 34.0 Å². The van der Waals surface area contributed by atoms with Gasteiger partial charge in [-0.2, -0.15) is 0 Å². The van der Waals surface area contributed by atoms with E-state index in [2.05, 4.69) is 19.2 Å². The van der Waals surface area contributed by atoms with E-state index in [1.54, 1.807) is 0 Å². The van der Waals surface area contributed by atoms with Crippen molar-refractivity contribution in [2.75, 3.05) is 6.54 Å².